The molecule has 1 saturated heterocycles. The first-order chi connectivity index (χ1) is 13.7. The van der Waals surface area contributed by atoms with Gasteiger partial charge in [-0.15, -0.1) is 0 Å². The summed E-state index contributed by atoms with van der Waals surface area (Å²) in [5, 5.41) is 0. The lowest BCUT2D eigenvalue weighted by atomic mass is 9.76. The zero-order valence-corrected chi connectivity index (χ0v) is 17.0. The van der Waals surface area contributed by atoms with Gasteiger partial charge < -0.3 is 9.64 Å². The molecule has 0 aromatic heterocycles. The van der Waals surface area contributed by atoms with Crippen LogP contribution < -0.4 is 4.90 Å². The van der Waals surface area contributed by atoms with Crippen LogP contribution in [-0.2, 0) is 19.9 Å². The molecule has 150 valence electrons. The fraction of sp³-hybridized carbons (Fsp3) is 0.348. The highest BCUT2D eigenvalue weighted by molar-refractivity contribution is 6.15. The number of rotatable bonds is 1. The highest BCUT2D eigenvalue weighted by Gasteiger charge is 2.67. The number of hydrogen-bond acceptors (Lipinski definition) is 4. The maximum absolute atomic E-state index is 13.7. The molecule has 2 atom stereocenters. The van der Waals surface area contributed by atoms with Crippen molar-refractivity contribution < 1.29 is 19.1 Å². The summed E-state index contributed by atoms with van der Waals surface area (Å²) in [6, 6.07) is 16.7. The SMILES string of the molecule is CN1C(=O)[C@@]2(c3ccccc31)[C@@H](c1ccccc1)CC(=O)N2C(=O)OC(C)(C)C. The third-order valence-electron chi connectivity index (χ3n) is 5.57. The van der Waals surface area contributed by atoms with E-state index in [1.807, 2.05) is 54.6 Å². The number of amides is 3. The average Bonchev–Trinajstić information content (AvgIpc) is 3.10. The number of fused-ring (bicyclic) bond motifs is 2. The molecule has 0 N–H and O–H groups in total. The second kappa shape index (κ2) is 6.44. The first-order valence-electron chi connectivity index (χ1n) is 9.66. The highest BCUT2D eigenvalue weighted by Crippen LogP contribution is 2.56. The van der Waals surface area contributed by atoms with Crippen molar-refractivity contribution in [1.82, 2.24) is 4.90 Å². The van der Waals surface area contributed by atoms with Crippen molar-refractivity contribution in [3.63, 3.8) is 0 Å². The molecule has 6 heteroatoms. The number of hydrogen-bond donors (Lipinski definition) is 0. The van der Waals surface area contributed by atoms with Gasteiger partial charge in [-0.05, 0) is 32.4 Å². The summed E-state index contributed by atoms with van der Waals surface area (Å²) >= 11 is 0. The maximum atomic E-state index is 13.7. The lowest BCUT2D eigenvalue weighted by Gasteiger charge is -2.37. The molecule has 2 aliphatic heterocycles. The van der Waals surface area contributed by atoms with Gasteiger partial charge >= 0.3 is 6.09 Å². The third kappa shape index (κ3) is 2.74. The van der Waals surface area contributed by atoms with Gasteiger partial charge in [0, 0.05) is 30.6 Å². The van der Waals surface area contributed by atoms with Crippen LogP contribution in [0.25, 0.3) is 0 Å². The summed E-state index contributed by atoms with van der Waals surface area (Å²) in [6.07, 6.45) is -0.739. The minimum absolute atomic E-state index is 0.0527. The third-order valence-corrected chi connectivity index (χ3v) is 5.57. The fourth-order valence-corrected chi connectivity index (χ4v) is 4.49. The number of nitrogens with zero attached hydrogens (tertiary/aromatic N) is 2. The molecule has 0 radical (unpaired) electrons. The molecule has 1 fully saturated rings. The zero-order valence-electron chi connectivity index (χ0n) is 17.0. The molecule has 2 aromatic rings. The molecule has 4 rings (SSSR count). The standard InChI is InChI=1S/C23H24N2O4/c1-22(2,3)29-21(28)25-19(26)14-17(15-10-6-5-7-11-15)23(25)16-12-8-9-13-18(16)24(4)20(23)27/h5-13,17H,14H2,1-4H3/t17-,23-/m1/s1. The maximum Gasteiger partial charge on any atom is 0.418 e. The number of para-hydroxylation sites is 1. The number of ether oxygens (including phenoxy) is 1. The van der Waals surface area contributed by atoms with Crippen molar-refractivity contribution in [2.75, 3.05) is 11.9 Å². The predicted octanol–water partition coefficient (Wildman–Crippen LogP) is 3.81. The lowest BCUT2D eigenvalue weighted by molar-refractivity contribution is -0.138. The van der Waals surface area contributed by atoms with Crippen molar-refractivity contribution >= 4 is 23.6 Å². The second-order valence-corrected chi connectivity index (χ2v) is 8.52. The van der Waals surface area contributed by atoms with E-state index in [1.54, 1.807) is 27.8 Å². The Kier molecular flexibility index (Phi) is 4.26. The van der Waals surface area contributed by atoms with Gasteiger partial charge in [0.15, 0.2) is 5.54 Å². The molecular formula is C23H24N2O4. The van der Waals surface area contributed by atoms with E-state index in [4.69, 9.17) is 4.74 Å². The summed E-state index contributed by atoms with van der Waals surface area (Å²) in [5.74, 6) is -1.21. The van der Waals surface area contributed by atoms with E-state index in [0.717, 1.165) is 10.5 Å². The van der Waals surface area contributed by atoms with Crippen LogP contribution in [0.2, 0.25) is 0 Å². The summed E-state index contributed by atoms with van der Waals surface area (Å²) in [6.45, 7) is 5.22. The molecule has 3 amide bonds. The summed E-state index contributed by atoms with van der Waals surface area (Å²) < 4.78 is 5.56. The average molecular weight is 392 g/mol. The number of anilines is 1. The number of carbonyl (C=O) groups excluding carboxylic acids is 3. The van der Waals surface area contributed by atoms with E-state index >= 15 is 0 Å². The molecule has 0 saturated carbocycles. The Labute approximate surface area is 170 Å². The van der Waals surface area contributed by atoms with E-state index in [1.165, 1.54) is 4.90 Å². The van der Waals surface area contributed by atoms with E-state index in [-0.39, 0.29) is 12.3 Å². The van der Waals surface area contributed by atoms with Crippen molar-refractivity contribution in [1.29, 1.82) is 0 Å². The van der Waals surface area contributed by atoms with Crippen LogP contribution >= 0.6 is 0 Å². The Bertz CT molecular complexity index is 995. The van der Waals surface area contributed by atoms with Crippen LogP contribution in [-0.4, -0.2) is 35.5 Å². The van der Waals surface area contributed by atoms with E-state index in [2.05, 4.69) is 0 Å². The van der Waals surface area contributed by atoms with E-state index in [0.29, 0.717) is 11.3 Å². The molecule has 29 heavy (non-hydrogen) atoms. The predicted molar refractivity (Wildman–Crippen MR) is 108 cm³/mol. The van der Waals surface area contributed by atoms with Gasteiger partial charge in [0.25, 0.3) is 5.91 Å². The van der Waals surface area contributed by atoms with Gasteiger partial charge in [-0.3, -0.25) is 9.59 Å². The number of likely N-dealkylation sites (N-methyl/N-ethyl adjacent to an activating group) is 1. The number of imide groups is 1. The molecule has 0 unspecified atom stereocenters. The largest absolute Gasteiger partial charge is 0.443 e. The Balaban J connectivity index is 1.97. The van der Waals surface area contributed by atoms with Gasteiger partial charge in [-0.25, -0.2) is 9.69 Å². The number of likely N-dealkylation sites (tertiary alicyclic amines) is 1. The van der Waals surface area contributed by atoms with Crippen LogP contribution in [0.1, 0.15) is 44.2 Å². The minimum atomic E-state index is -1.45. The van der Waals surface area contributed by atoms with Crippen LogP contribution in [0.3, 0.4) is 0 Å². The van der Waals surface area contributed by atoms with E-state index < -0.39 is 29.1 Å². The van der Waals surface area contributed by atoms with Crippen LogP contribution in [0, 0.1) is 0 Å². The molecular weight excluding hydrogens is 368 g/mol. The van der Waals surface area contributed by atoms with Crippen LogP contribution in [0.4, 0.5) is 10.5 Å². The van der Waals surface area contributed by atoms with Crippen molar-refractivity contribution in [2.45, 2.75) is 44.2 Å². The second-order valence-electron chi connectivity index (χ2n) is 8.52. The number of benzene rings is 2. The topological polar surface area (TPSA) is 66.9 Å². The quantitative estimate of drug-likeness (QED) is 0.740. The molecule has 6 nitrogen and oxygen atoms in total. The molecule has 0 bridgehead atoms. The van der Waals surface area contributed by atoms with Gasteiger partial charge in [0.2, 0.25) is 5.91 Å². The van der Waals surface area contributed by atoms with Gasteiger partial charge in [-0.1, -0.05) is 48.5 Å². The Hall–Kier alpha value is -3.15. The van der Waals surface area contributed by atoms with Gasteiger partial charge in [0.05, 0.1) is 0 Å². The highest BCUT2D eigenvalue weighted by atomic mass is 16.6. The molecule has 2 heterocycles. The van der Waals surface area contributed by atoms with Gasteiger partial charge in [0.1, 0.15) is 5.60 Å². The van der Waals surface area contributed by atoms with Crippen molar-refractivity contribution in [3.05, 3.63) is 65.7 Å². The van der Waals surface area contributed by atoms with Gasteiger partial charge in [-0.2, -0.15) is 0 Å². The summed E-state index contributed by atoms with van der Waals surface area (Å²) in [5.41, 5.74) is -0.0622. The zero-order chi connectivity index (χ0) is 21.0. The Morgan fingerprint density at radius 2 is 1.66 bits per heavy atom. The Morgan fingerprint density at radius 3 is 2.31 bits per heavy atom. The first-order valence-corrected chi connectivity index (χ1v) is 9.66. The Morgan fingerprint density at radius 1 is 1.03 bits per heavy atom. The van der Waals surface area contributed by atoms with Crippen molar-refractivity contribution in [3.8, 4) is 0 Å². The fourth-order valence-electron chi connectivity index (χ4n) is 4.49. The lowest BCUT2D eigenvalue weighted by Crippen LogP contribution is -2.55. The van der Waals surface area contributed by atoms with Crippen LogP contribution in [0.15, 0.2) is 54.6 Å². The number of carbonyl (C=O) groups is 3. The van der Waals surface area contributed by atoms with E-state index in [9.17, 15) is 14.4 Å². The molecule has 0 aliphatic carbocycles. The van der Waals surface area contributed by atoms with Crippen LogP contribution in [0.5, 0.6) is 0 Å². The van der Waals surface area contributed by atoms with Crippen molar-refractivity contribution in [2.24, 2.45) is 0 Å². The molecule has 2 aromatic carbocycles. The molecule has 2 aliphatic rings. The summed E-state index contributed by atoms with van der Waals surface area (Å²) in [4.78, 5) is 42.7. The normalized spacial score (nSPS) is 23.7. The monoisotopic (exact) mass is 392 g/mol. The summed E-state index contributed by atoms with van der Waals surface area (Å²) in [7, 11) is 1.67. The smallest absolute Gasteiger partial charge is 0.418 e. The first kappa shape index (κ1) is 19.2. The molecule has 1 spiro atoms. The minimum Gasteiger partial charge on any atom is -0.443 e.